The third-order valence-corrected chi connectivity index (χ3v) is 3.40. The van der Waals surface area contributed by atoms with Gasteiger partial charge in [-0.15, -0.1) is 0 Å². The van der Waals surface area contributed by atoms with Crippen molar-refractivity contribution in [1.29, 1.82) is 0 Å². The van der Waals surface area contributed by atoms with Gasteiger partial charge >= 0.3 is 0 Å². The highest BCUT2D eigenvalue weighted by Gasteiger charge is 2.23. The number of hydrogen-bond donors (Lipinski definition) is 1. The summed E-state index contributed by atoms with van der Waals surface area (Å²) in [5.74, 6) is -0.110. The normalized spacial score (nSPS) is 16.2. The van der Waals surface area contributed by atoms with Crippen LogP contribution in [-0.4, -0.2) is 30.6 Å². The molecule has 94 valence electrons. The second kappa shape index (κ2) is 5.61. The summed E-state index contributed by atoms with van der Waals surface area (Å²) in [6.45, 7) is 8.24. The van der Waals surface area contributed by atoms with Crippen LogP contribution in [0, 0.1) is 12.7 Å². The average Bonchev–Trinajstić information content (AvgIpc) is 2.21. The second-order valence-corrected chi connectivity index (χ2v) is 4.87. The lowest BCUT2D eigenvalue weighted by Crippen LogP contribution is -2.56. The molecule has 0 saturated carbocycles. The predicted octanol–water partition coefficient (Wildman–Crippen LogP) is 2.32. The summed E-state index contributed by atoms with van der Waals surface area (Å²) in [6.07, 6.45) is 1.16. The Morgan fingerprint density at radius 1 is 1.41 bits per heavy atom. The molecule has 1 N–H and O–H groups in total. The molecule has 1 saturated heterocycles. The molecule has 1 heterocycles. The summed E-state index contributed by atoms with van der Waals surface area (Å²) < 4.78 is 13.2. The van der Waals surface area contributed by atoms with Crippen molar-refractivity contribution in [2.45, 2.75) is 32.9 Å². The molecule has 3 heteroatoms. The highest BCUT2D eigenvalue weighted by molar-refractivity contribution is 5.24. The van der Waals surface area contributed by atoms with Gasteiger partial charge < -0.3 is 5.32 Å². The Morgan fingerprint density at radius 3 is 2.71 bits per heavy atom. The van der Waals surface area contributed by atoms with Gasteiger partial charge in [-0.1, -0.05) is 19.1 Å². The summed E-state index contributed by atoms with van der Waals surface area (Å²) in [7, 11) is 0. The summed E-state index contributed by atoms with van der Waals surface area (Å²) >= 11 is 0. The first kappa shape index (κ1) is 12.5. The molecule has 1 aromatic rings. The van der Waals surface area contributed by atoms with E-state index in [9.17, 15) is 4.39 Å². The standard InChI is InChI=1S/C14H21FN2/c1-3-6-17(13-8-16-9-13)10-12-4-5-14(15)11(2)7-12/h4-5,7,13,16H,3,6,8-10H2,1-2H3. The van der Waals surface area contributed by atoms with E-state index in [1.165, 1.54) is 5.56 Å². The maximum absolute atomic E-state index is 13.2. The minimum atomic E-state index is -0.110. The molecule has 0 spiro atoms. The van der Waals surface area contributed by atoms with Gasteiger partial charge in [-0.3, -0.25) is 4.90 Å². The van der Waals surface area contributed by atoms with Gasteiger partial charge in [0.2, 0.25) is 0 Å². The molecule has 0 bridgehead atoms. The highest BCUT2D eigenvalue weighted by Crippen LogP contribution is 2.15. The molecule has 0 unspecified atom stereocenters. The molecule has 0 radical (unpaired) electrons. The van der Waals surface area contributed by atoms with E-state index in [4.69, 9.17) is 0 Å². The molecule has 0 atom stereocenters. The van der Waals surface area contributed by atoms with Crippen LogP contribution in [0.4, 0.5) is 4.39 Å². The number of benzene rings is 1. The Labute approximate surface area is 103 Å². The SMILES string of the molecule is CCCN(Cc1ccc(F)c(C)c1)C1CNC1. The number of halogens is 1. The topological polar surface area (TPSA) is 15.3 Å². The van der Waals surface area contributed by atoms with Crippen molar-refractivity contribution in [3.8, 4) is 0 Å². The third kappa shape index (κ3) is 3.05. The maximum atomic E-state index is 13.2. The van der Waals surface area contributed by atoms with Crippen molar-refractivity contribution >= 4 is 0 Å². The number of nitrogens with one attached hydrogen (secondary N) is 1. The summed E-state index contributed by atoms with van der Waals surface area (Å²) in [6, 6.07) is 6.09. The van der Waals surface area contributed by atoms with Crippen molar-refractivity contribution in [2.75, 3.05) is 19.6 Å². The Hall–Kier alpha value is -0.930. The van der Waals surface area contributed by atoms with Crippen LogP contribution in [-0.2, 0) is 6.54 Å². The van der Waals surface area contributed by atoms with Gasteiger partial charge in [-0.2, -0.15) is 0 Å². The number of aryl methyl sites for hydroxylation is 1. The van der Waals surface area contributed by atoms with Crippen molar-refractivity contribution in [3.63, 3.8) is 0 Å². The molecule has 0 aliphatic carbocycles. The first-order valence-electron chi connectivity index (χ1n) is 6.40. The van der Waals surface area contributed by atoms with Crippen LogP contribution in [0.25, 0.3) is 0 Å². The van der Waals surface area contributed by atoms with E-state index in [1.807, 2.05) is 19.1 Å². The molecule has 2 nitrogen and oxygen atoms in total. The zero-order valence-corrected chi connectivity index (χ0v) is 10.7. The van der Waals surface area contributed by atoms with Crippen molar-refractivity contribution in [1.82, 2.24) is 10.2 Å². The number of hydrogen-bond acceptors (Lipinski definition) is 2. The number of rotatable bonds is 5. The van der Waals surface area contributed by atoms with Crippen LogP contribution >= 0.6 is 0 Å². The lowest BCUT2D eigenvalue weighted by molar-refractivity contribution is 0.138. The van der Waals surface area contributed by atoms with Gasteiger partial charge in [0.15, 0.2) is 0 Å². The van der Waals surface area contributed by atoms with E-state index in [0.29, 0.717) is 6.04 Å². The van der Waals surface area contributed by atoms with E-state index in [1.54, 1.807) is 6.07 Å². The Bertz CT molecular complexity index is 374. The van der Waals surface area contributed by atoms with Crippen molar-refractivity contribution < 1.29 is 4.39 Å². The summed E-state index contributed by atoms with van der Waals surface area (Å²) in [5.41, 5.74) is 1.95. The molecular weight excluding hydrogens is 215 g/mol. The smallest absolute Gasteiger partial charge is 0.126 e. The second-order valence-electron chi connectivity index (χ2n) is 4.87. The Morgan fingerprint density at radius 2 is 2.18 bits per heavy atom. The zero-order chi connectivity index (χ0) is 12.3. The fourth-order valence-corrected chi connectivity index (χ4v) is 2.25. The van der Waals surface area contributed by atoms with Crippen LogP contribution in [0.5, 0.6) is 0 Å². The quantitative estimate of drug-likeness (QED) is 0.844. The van der Waals surface area contributed by atoms with E-state index in [-0.39, 0.29) is 5.82 Å². The molecule has 2 rings (SSSR count). The number of nitrogens with zero attached hydrogens (tertiary/aromatic N) is 1. The van der Waals surface area contributed by atoms with Crippen LogP contribution in [0.15, 0.2) is 18.2 Å². The molecule has 17 heavy (non-hydrogen) atoms. The van der Waals surface area contributed by atoms with E-state index < -0.39 is 0 Å². The molecule has 1 fully saturated rings. The van der Waals surface area contributed by atoms with Gasteiger partial charge in [0.1, 0.15) is 5.82 Å². The van der Waals surface area contributed by atoms with Gasteiger partial charge in [-0.25, -0.2) is 4.39 Å². The fourth-order valence-electron chi connectivity index (χ4n) is 2.25. The van der Waals surface area contributed by atoms with E-state index in [0.717, 1.165) is 38.2 Å². The Balaban J connectivity index is 2.02. The van der Waals surface area contributed by atoms with Gasteiger partial charge in [0, 0.05) is 25.7 Å². The first-order chi connectivity index (χ1) is 8.20. The Kier molecular flexibility index (Phi) is 4.13. The van der Waals surface area contributed by atoms with Crippen LogP contribution in [0.2, 0.25) is 0 Å². The van der Waals surface area contributed by atoms with Gasteiger partial charge in [0.25, 0.3) is 0 Å². The average molecular weight is 236 g/mol. The fraction of sp³-hybridized carbons (Fsp3) is 0.571. The lowest BCUT2D eigenvalue weighted by atomic mass is 10.1. The predicted molar refractivity (Wildman–Crippen MR) is 68.5 cm³/mol. The molecule has 0 aromatic heterocycles. The van der Waals surface area contributed by atoms with Crippen molar-refractivity contribution in [2.24, 2.45) is 0 Å². The lowest BCUT2D eigenvalue weighted by Gasteiger charge is -2.38. The third-order valence-electron chi connectivity index (χ3n) is 3.40. The summed E-state index contributed by atoms with van der Waals surface area (Å²) in [4.78, 5) is 2.49. The summed E-state index contributed by atoms with van der Waals surface area (Å²) in [5, 5.41) is 3.30. The van der Waals surface area contributed by atoms with Gasteiger partial charge in [-0.05, 0) is 37.1 Å². The molecule has 1 aliphatic rings. The molecule has 0 amide bonds. The minimum absolute atomic E-state index is 0.110. The molecule has 1 aromatic carbocycles. The minimum Gasteiger partial charge on any atom is -0.314 e. The highest BCUT2D eigenvalue weighted by atomic mass is 19.1. The molecular formula is C14H21FN2. The van der Waals surface area contributed by atoms with E-state index in [2.05, 4.69) is 17.1 Å². The largest absolute Gasteiger partial charge is 0.314 e. The van der Waals surface area contributed by atoms with Gasteiger partial charge in [0.05, 0.1) is 0 Å². The van der Waals surface area contributed by atoms with Crippen molar-refractivity contribution in [3.05, 3.63) is 35.1 Å². The van der Waals surface area contributed by atoms with Crippen LogP contribution < -0.4 is 5.32 Å². The molecule has 1 aliphatic heterocycles. The van der Waals surface area contributed by atoms with Crippen LogP contribution in [0.1, 0.15) is 24.5 Å². The maximum Gasteiger partial charge on any atom is 0.126 e. The van der Waals surface area contributed by atoms with E-state index >= 15 is 0 Å². The zero-order valence-electron chi connectivity index (χ0n) is 10.7. The van der Waals surface area contributed by atoms with Crippen LogP contribution in [0.3, 0.4) is 0 Å². The monoisotopic (exact) mass is 236 g/mol. The first-order valence-corrected chi connectivity index (χ1v) is 6.40.